The Balaban J connectivity index is 1.89. The minimum Gasteiger partial charge on any atom is -0.357 e. The van der Waals surface area contributed by atoms with Crippen LogP contribution >= 0.6 is 0 Å². The first-order valence-corrected chi connectivity index (χ1v) is 11.7. The standard InChI is InChI=1S/C20H31N5O3S/c1-6-21-20(22-11-7-8-18-24-19(14(2)3)25-28-18)23-13-16-9-10-17(15(4)12-16)29(5,26)27/h9-10,12,14H,6-8,11,13H2,1-5H3,(H2,21,22,23). The molecule has 0 aliphatic rings. The van der Waals surface area contributed by atoms with Crippen LogP contribution in [0.15, 0.2) is 32.6 Å². The Labute approximate surface area is 173 Å². The molecule has 9 heteroatoms. The number of guanidine groups is 1. The molecular weight excluding hydrogens is 390 g/mol. The van der Waals surface area contributed by atoms with Gasteiger partial charge in [0.05, 0.1) is 11.4 Å². The number of aromatic nitrogens is 2. The zero-order chi connectivity index (χ0) is 21.4. The Kier molecular flexibility index (Phi) is 8.19. The van der Waals surface area contributed by atoms with E-state index in [0.29, 0.717) is 29.7 Å². The van der Waals surface area contributed by atoms with Crippen molar-refractivity contribution in [2.24, 2.45) is 4.99 Å². The summed E-state index contributed by atoms with van der Waals surface area (Å²) < 4.78 is 28.7. The van der Waals surface area contributed by atoms with E-state index in [9.17, 15) is 8.42 Å². The maximum atomic E-state index is 11.7. The van der Waals surface area contributed by atoms with Crippen LogP contribution in [0.3, 0.4) is 0 Å². The third kappa shape index (κ3) is 7.16. The third-order valence-electron chi connectivity index (χ3n) is 4.26. The Hall–Kier alpha value is -2.42. The van der Waals surface area contributed by atoms with Gasteiger partial charge < -0.3 is 15.2 Å². The molecule has 1 aromatic heterocycles. The molecule has 0 saturated heterocycles. The van der Waals surface area contributed by atoms with Gasteiger partial charge in [0.25, 0.3) is 0 Å². The lowest BCUT2D eigenvalue weighted by Gasteiger charge is -2.11. The molecule has 0 atom stereocenters. The van der Waals surface area contributed by atoms with Crippen LogP contribution in [0.5, 0.6) is 0 Å². The van der Waals surface area contributed by atoms with E-state index in [0.717, 1.165) is 36.5 Å². The zero-order valence-electron chi connectivity index (χ0n) is 17.8. The molecule has 0 radical (unpaired) electrons. The maximum Gasteiger partial charge on any atom is 0.226 e. The van der Waals surface area contributed by atoms with E-state index in [1.807, 2.05) is 26.8 Å². The summed E-state index contributed by atoms with van der Waals surface area (Å²) in [5, 5.41) is 10.5. The minimum atomic E-state index is -3.21. The molecule has 0 bridgehead atoms. The van der Waals surface area contributed by atoms with Gasteiger partial charge in [0.2, 0.25) is 5.89 Å². The normalized spacial score (nSPS) is 12.4. The summed E-state index contributed by atoms with van der Waals surface area (Å²) in [7, 11) is -3.21. The van der Waals surface area contributed by atoms with E-state index >= 15 is 0 Å². The van der Waals surface area contributed by atoms with Gasteiger partial charge in [-0.2, -0.15) is 4.98 Å². The second-order valence-corrected chi connectivity index (χ2v) is 9.28. The first kappa shape index (κ1) is 22.9. The predicted octanol–water partition coefficient (Wildman–Crippen LogP) is 2.59. The van der Waals surface area contributed by atoms with Crippen molar-refractivity contribution in [2.75, 3.05) is 19.3 Å². The zero-order valence-corrected chi connectivity index (χ0v) is 18.6. The van der Waals surface area contributed by atoms with Crippen molar-refractivity contribution in [3.63, 3.8) is 0 Å². The van der Waals surface area contributed by atoms with E-state index in [4.69, 9.17) is 4.52 Å². The van der Waals surface area contributed by atoms with Gasteiger partial charge in [0, 0.05) is 31.7 Å². The molecular formula is C20H31N5O3S. The van der Waals surface area contributed by atoms with E-state index in [2.05, 4.69) is 25.8 Å². The van der Waals surface area contributed by atoms with Crippen molar-refractivity contribution in [1.29, 1.82) is 0 Å². The summed E-state index contributed by atoms with van der Waals surface area (Å²) in [6, 6.07) is 5.31. The lowest BCUT2D eigenvalue weighted by atomic mass is 10.1. The van der Waals surface area contributed by atoms with E-state index in [1.165, 1.54) is 6.26 Å². The highest BCUT2D eigenvalue weighted by Crippen LogP contribution is 2.17. The average molecular weight is 422 g/mol. The highest BCUT2D eigenvalue weighted by atomic mass is 32.2. The van der Waals surface area contributed by atoms with Gasteiger partial charge in [-0.05, 0) is 37.5 Å². The van der Waals surface area contributed by atoms with Crippen molar-refractivity contribution in [2.45, 2.75) is 57.9 Å². The molecule has 0 aliphatic heterocycles. The Morgan fingerprint density at radius 3 is 2.62 bits per heavy atom. The predicted molar refractivity (Wildman–Crippen MR) is 114 cm³/mol. The Morgan fingerprint density at radius 2 is 2.03 bits per heavy atom. The number of nitrogens with zero attached hydrogens (tertiary/aromatic N) is 3. The fourth-order valence-corrected chi connectivity index (χ4v) is 3.75. The summed E-state index contributed by atoms with van der Waals surface area (Å²) >= 11 is 0. The molecule has 0 amide bonds. The van der Waals surface area contributed by atoms with Gasteiger partial charge in [-0.3, -0.25) is 0 Å². The van der Waals surface area contributed by atoms with Crippen LogP contribution in [0.25, 0.3) is 0 Å². The average Bonchev–Trinajstić information content (AvgIpc) is 3.11. The smallest absolute Gasteiger partial charge is 0.226 e. The van der Waals surface area contributed by atoms with Crippen molar-refractivity contribution in [1.82, 2.24) is 20.8 Å². The van der Waals surface area contributed by atoms with Crippen LogP contribution in [0.4, 0.5) is 0 Å². The molecule has 2 aromatic rings. The number of hydrogen-bond acceptors (Lipinski definition) is 6. The summed E-state index contributed by atoms with van der Waals surface area (Å²) in [5.41, 5.74) is 1.69. The molecule has 0 unspecified atom stereocenters. The molecule has 8 nitrogen and oxygen atoms in total. The van der Waals surface area contributed by atoms with E-state index in [1.54, 1.807) is 19.1 Å². The molecule has 2 N–H and O–H groups in total. The summed E-state index contributed by atoms with van der Waals surface area (Å²) in [5.74, 6) is 2.36. The fraction of sp³-hybridized carbons (Fsp3) is 0.550. The van der Waals surface area contributed by atoms with E-state index < -0.39 is 9.84 Å². The van der Waals surface area contributed by atoms with Gasteiger partial charge in [-0.1, -0.05) is 31.1 Å². The quantitative estimate of drug-likeness (QED) is 0.364. The molecule has 160 valence electrons. The molecule has 0 spiro atoms. The molecule has 0 aliphatic carbocycles. The van der Waals surface area contributed by atoms with E-state index in [-0.39, 0.29) is 5.92 Å². The van der Waals surface area contributed by atoms with Gasteiger partial charge in [0.1, 0.15) is 0 Å². The number of sulfone groups is 1. The Bertz CT molecular complexity index is 935. The summed E-state index contributed by atoms with van der Waals surface area (Å²) in [6.45, 7) is 9.80. The maximum absolute atomic E-state index is 11.7. The number of aliphatic imine (C=N–C) groups is 1. The topological polar surface area (TPSA) is 109 Å². The largest absolute Gasteiger partial charge is 0.357 e. The van der Waals surface area contributed by atoms with Gasteiger partial charge >= 0.3 is 0 Å². The van der Waals surface area contributed by atoms with Crippen LogP contribution in [0, 0.1) is 6.92 Å². The van der Waals surface area contributed by atoms with Crippen molar-refractivity contribution in [3.8, 4) is 0 Å². The third-order valence-corrected chi connectivity index (χ3v) is 5.52. The number of benzene rings is 1. The van der Waals surface area contributed by atoms with Crippen LogP contribution in [-0.2, 0) is 22.8 Å². The summed E-state index contributed by atoms with van der Waals surface area (Å²) in [6.07, 6.45) is 2.77. The van der Waals surface area contributed by atoms with Gasteiger partial charge in [-0.25, -0.2) is 13.4 Å². The number of hydrogen-bond donors (Lipinski definition) is 2. The number of nitrogens with one attached hydrogen (secondary N) is 2. The van der Waals surface area contributed by atoms with Crippen molar-refractivity contribution >= 4 is 15.8 Å². The van der Waals surface area contributed by atoms with Gasteiger partial charge in [-0.15, -0.1) is 0 Å². The molecule has 0 saturated carbocycles. The number of aryl methyl sites for hydroxylation is 2. The van der Waals surface area contributed by atoms with Crippen LogP contribution in [0.2, 0.25) is 0 Å². The minimum absolute atomic E-state index is 0.258. The van der Waals surface area contributed by atoms with Crippen molar-refractivity contribution in [3.05, 3.63) is 41.0 Å². The molecule has 2 rings (SSSR count). The lowest BCUT2D eigenvalue weighted by Crippen LogP contribution is -2.37. The lowest BCUT2D eigenvalue weighted by molar-refractivity contribution is 0.368. The van der Waals surface area contributed by atoms with Gasteiger partial charge in [0.15, 0.2) is 21.6 Å². The summed E-state index contributed by atoms with van der Waals surface area (Å²) in [4.78, 5) is 9.32. The molecule has 1 heterocycles. The monoisotopic (exact) mass is 421 g/mol. The van der Waals surface area contributed by atoms with Crippen LogP contribution in [-0.4, -0.2) is 43.9 Å². The second kappa shape index (κ2) is 10.4. The highest BCUT2D eigenvalue weighted by Gasteiger charge is 2.11. The first-order chi connectivity index (χ1) is 13.7. The fourth-order valence-electron chi connectivity index (χ4n) is 2.79. The van der Waals surface area contributed by atoms with Crippen LogP contribution < -0.4 is 10.6 Å². The number of rotatable bonds is 9. The Morgan fingerprint density at radius 1 is 1.28 bits per heavy atom. The SMILES string of the molecule is CCNC(=NCc1ccc(S(C)(=O)=O)c(C)c1)NCCCc1nc(C(C)C)no1. The first-order valence-electron chi connectivity index (χ1n) is 9.85. The van der Waals surface area contributed by atoms with Crippen LogP contribution in [0.1, 0.15) is 56.0 Å². The molecule has 29 heavy (non-hydrogen) atoms. The second-order valence-electron chi connectivity index (χ2n) is 7.30. The highest BCUT2D eigenvalue weighted by molar-refractivity contribution is 7.90. The molecule has 0 fully saturated rings. The molecule has 1 aromatic carbocycles. The van der Waals surface area contributed by atoms with Crippen molar-refractivity contribution < 1.29 is 12.9 Å².